The van der Waals surface area contributed by atoms with Gasteiger partial charge in [0.2, 0.25) is 10.0 Å². The number of nitrogen functional groups attached to an aromatic ring is 1. The Morgan fingerprint density at radius 1 is 1.10 bits per heavy atom. The van der Waals surface area contributed by atoms with E-state index in [4.69, 9.17) is 5.73 Å². The maximum atomic E-state index is 12.4. The fraction of sp³-hybridized carbons (Fsp3) is 0.600. The lowest BCUT2D eigenvalue weighted by molar-refractivity contribution is 0.172. The van der Waals surface area contributed by atoms with Crippen molar-refractivity contribution in [1.82, 2.24) is 9.21 Å². The SMILES string of the molecule is CC(C)CN1CCN(S(=O)(=O)Cc2ccc(N)cc2)CC1. The predicted octanol–water partition coefficient (Wildman–Crippen LogP) is 1.37. The summed E-state index contributed by atoms with van der Waals surface area (Å²) in [5, 5.41) is 0. The molecule has 1 aliphatic heterocycles. The highest BCUT2D eigenvalue weighted by Gasteiger charge is 2.27. The van der Waals surface area contributed by atoms with Crippen molar-refractivity contribution in [1.29, 1.82) is 0 Å². The summed E-state index contributed by atoms with van der Waals surface area (Å²) in [5.41, 5.74) is 7.06. The molecule has 1 heterocycles. The molecule has 0 aliphatic carbocycles. The summed E-state index contributed by atoms with van der Waals surface area (Å²) in [6, 6.07) is 7.04. The van der Waals surface area contributed by atoms with Crippen LogP contribution in [0.4, 0.5) is 5.69 Å². The maximum Gasteiger partial charge on any atom is 0.218 e. The zero-order valence-electron chi connectivity index (χ0n) is 12.8. The van der Waals surface area contributed by atoms with Crippen LogP contribution in [0.1, 0.15) is 19.4 Å². The first-order valence-corrected chi connectivity index (χ1v) is 9.02. The zero-order chi connectivity index (χ0) is 15.5. The van der Waals surface area contributed by atoms with Crippen LogP contribution in [0, 0.1) is 5.92 Å². The third-order valence-electron chi connectivity index (χ3n) is 3.68. The van der Waals surface area contributed by atoms with Crippen LogP contribution in [0.2, 0.25) is 0 Å². The minimum absolute atomic E-state index is 0.0530. The fourth-order valence-corrected chi connectivity index (χ4v) is 4.14. The lowest BCUT2D eigenvalue weighted by Crippen LogP contribution is -2.49. The van der Waals surface area contributed by atoms with E-state index in [2.05, 4.69) is 18.7 Å². The third-order valence-corrected chi connectivity index (χ3v) is 5.53. The Balaban J connectivity index is 1.93. The smallest absolute Gasteiger partial charge is 0.218 e. The van der Waals surface area contributed by atoms with Crippen LogP contribution in [0.3, 0.4) is 0 Å². The molecule has 0 amide bonds. The molecule has 0 atom stereocenters. The van der Waals surface area contributed by atoms with Gasteiger partial charge in [-0.25, -0.2) is 8.42 Å². The Kier molecular flexibility index (Phi) is 5.24. The molecule has 0 radical (unpaired) electrons. The van der Waals surface area contributed by atoms with Crippen molar-refractivity contribution in [3.05, 3.63) is 29.8 Å². The number of anilines is 1. The number of nitrogens with two attached hydrogens (primary N) is 1. The van der Waals surface area contributed by atoms with Gasteiger partial charge in [0.25, 0.3) is 0 Å². The molecule has 0 unspecified atom stereocenters. The Morgan fingerprint density at radius 2 is 1.67 bits per heavy atom. The highest BCUT2D eigenvalue weighted by atomic mass is 32.2. The van der Waals surface area contributed by atoms with Crippen LogP contribution in [0.5, 0.6) is 0 Å². The van der Waals surface area contributed by atoms with E-state index < -0.39 is 10.0 Å². The van der Waals surface area contributed by atoms with Gasteiger partial charge in [-0.1, -0.05) is 26.0 Å². The summed E-state index contributed by atoms with van der Waals surface area (Å²) < 4.78 is 26.5. The molecule has 6 heteroatoms. The molecular formula is C15H25N3O2S. The summed E-state index contributed by atoms with van der Waals surface area (Å²) in [4.78, 5) is 2.33. The van der Waals surface area contributed by atoms with Crippen LogP contribution < -0.4 is 5.73 Å². The van der Waals surface area contributed by atoms with Crippen molar-refractivity contribution in [3.8, 4) is 0 Å². The van der Waals surface area contributed by atoms with Gasteiger partial charge in [0.15, 0.2) is 0 Å². The number of sulfonamides is 1. The van der Waals surface area contributed by atoms with Gasteiger partial charge in [0.05, 0.1) is 5.75 Å². The first-order chi connectivity index (χ1) is 9.87. The molecule has 1 aromatic rings. The molecular weight excluding hydrogens is 286 g/mol. The van der Waals surface area contributed by atoms with Crippen molar-refractivity contribution in [2.75, 3.05) is 38.5 Å². The van der Waals surface area contributed by atoms with E-state index in [1.165, 1.54) is 0 Å². The van der Waals surface area contributed by atoms with Crippen molar-refractivity contribution >= 4 is 15.7 Å². The molecule has 5 nitrogen and oxygen atoms in total. The van der Waals surface area contributed by atoms with Crippen LogP contribution in [0.25, 0.3) is 0 Å². The molecule has 1 aliphatic rings. The minimum atomic E-state index is -3.24. The van der Waals surface area contributed by atoms with Gasteiger partial charge in [-0.2, -0.15) is 4.31 Å². The third kappa shape index (κ3) is 4.69. The summed E-state index contributed by atoms with van der Waals surface area (Å²) >= 11 is 0. The van der Waals surface area contributed by atoms with Crippen LogP contribution in [-0.2, 0) is 15.8 Å². The second kappa shape index (κ2) is 6.77. The number of hydrogen-bond donors (Lipinski definition) is 1. The highest BCUT2D eigenvalue weighted by molar-refractivity contribution is 7.88. The Morgan fingerprint density at radius 3 is 2.19 bits per heavy atom. The summed E-state index contributed by atoms with van der Waals surface area (Å²) in [7, 11) is -3.24. The quantitative estimate of drug-likeness (QED) is 0.834. The molecule has 1 aromatic carbocycles. The largest absolute Gasteiger partial charge is 0.399 e. The topological polar surface area (TPSA) is 66.6 Å². The van der Waals surface area contributed by atoms with E-state index in [-0.39, 0.29) is 5.75 Å². The maximum absolute atomic E-state index is 12.4. The Hall–Kier alpha value is -1.11. The fourth-order valence-electron chi connectivity index (χ4n) is 2.62. The lowest BCUT2D eigenvalue weighted by Gasteiger charge is -2.34. The molecule has 21 heavy (non-hydrogen) atoms. The van der Waals surface area contributed by atoms with Gasteiger partial charge in [-0.15, -0.1) is 0 Å². The number of piperazine rings is 1. The van der Waals surface area contributed by atoms with E-state index in [1.807, 2.05) is 0 Å². The van der Waals surface area contributed by atoms with E-state index in [1.54, 1.807) is 28.6 Å². The van der Waals surface area contributed by atoms with E-state index in [0.29, 0.717) is 24.7 Å². The standard InChI is InChI=1S/C15H25N3O2S/c1-13(2)11-17-7-9-18(10-8-17)21(19,20)12-14-3-5-15(16)6-4-14/h3-6,13H,7-12,16H2,1-2H3. The number of nitrogens with zero attached hydrogens (tertiary/aromatic N) is 2. The number of hydrogen-bond acceptors (Lipinski definition) is 4. The first kappa shape index (κ1) is 16.3. The molecule has 0 bridgehead atoms. The van der Waals surface area contributed by atoms with Crippen molar-refractivity contribution in [2.24, 2.45) is 5.92 Å². The molecule has 0 spiro atoms. The second-order valence-corrected chi connectivity index (χ2v) is 8.06. The van der Waals surface area contributed by atoms with Gasteiger partial charge in [0.1, 0.15) is 0 Å². The molecule has 0 saturated carbocycles. The zero-order valence-corrected chi connectivity index (χ0v) is 13.6. The van der Waals surface area contributed by atoms with Crippen LogP contribution in [0.15, 0.2) is 24.3 Å². The number of benzene rings is 1. The summed E-state index contributed by atoms with van der Waals surface area (Å²) in [6.45, 7) is 8.21. The van der Waals surface area contributed by atoms with E-state index in [0.717, 1.165) is 25.2 Å². The predicted molar refractivity (Wildman–Crippen MR) is 86.3 cm³/mol. The number of rotatable bonds is 5. The monoisotopic (exact) mass is 311 g/mol. The van der Waals surface area contributed by atoms with Crippen molar-refractivity contribution < 1.29 is 8.42 Å². The van der Waals surface area contributed by atoms with Gasteiger partial charge >= 0.3 is 0 Å². The van der Waals surface area contributed by atoms with E-state index >= 15 is 0 Å². The molecule has 2 N–H and O–H groups in total. The highest BCUT2D eigenvalue weighted by Crippen LogP contribution is 2.15. The normalized spacial score (nSPS) is 18.2. The van der Waals surface area contributed by atoms with Gasteiger partial charge in [-0.05, 0) is 23.6 Å². The molecule has 0 aromatic heterocycles. The molecule has 2 rings (SSSR count). The average Bonchev–Trinajstić information content (AvgIpc) is 2.41. The van der Waals surface area contributed by atoms with Gasteiger partial charge < -0.3 is 10.6 Å². The summed E-state index contributed by atoms with van der Waals surface area (Å²) in [6.07, 6.45) is 0. The Bertz CT molecular complexity index is 547. The second-order valence-electron chi connectivity index (χ2n) is 6.09. The molecule has 1 saturated heterocycles. The lowest BCUT2D eigenvalue weighted by atomic mass is 10.2. The Labute approximate surface area is 127 Å². The first-order valence-electron chi connectivity index (χ1n) is 7.41. The van der Waals surface area contributed by atoms with Gasteiger partial charge in [-0.3, -0.25) is 0 Å². The van der Waals surface area contributed by atoms with Crippen LogP contribution >= 0.6 is 0 Å². The van der Waals surface area contributed by atoms with Crippen LogP contribution in [-0.4, -0.2) is 50.3 Å². The molecule has 1 fully saturated rings. The van der Waals surface area contributed by atoms with Crippen molar-refractivity contribution in [3.63, 3.8) is 0 Å². The van der Waals surface area contributed by atoms with E-state index in [9.17, 15) is 8.42 Å². The molecule has 118 valence electrons. The van der Waals surface area contributed by atoms with Gasteiger partial charge in [0, 0.05) is 38.4 Å². The van der Waals surface area contributed by atoms with Crippen molar-refractivity contribution in [2.45, 2.75) is 19.6 Å². The average molecular weight is 311 g/mol. The summed E-state index contributed by atoms with van der Waals surface area (Å²) in [5.74, 6) is 0.667. The minimum Gasteiger partial charge on any atom is -0.399 e.